The fourth-order valence-corrected chi connectivity index (χ4v) is 3.01. The molecule has 0 spiro atoms. The average molecular weight is 401 g/mol. The van der Waals surface area contributed by atoms with Gasteiger partial charge in [-0.2, -0.15) is 5.10 Å². The molecule has 0 radical (unpaired) electrons. The summed E-state index contributed by atoms with van der Waals surface area (Å²) in [6.07, 6.45) is 1.61. The third-order valence-electron chi connectivity index (χ3n) is 4.25. The Bertz CT molecular complexity index is 1160. The third-order valence-corrected chi connectivity index (χ3v) is 4.59. The Kier molecular flexibility index (Phi) is 5.49. The number of phenols is 1. The lowest BCUT2D eigenvalue weighted by atomic mass is 10.1. The van der Waals surface area contributed by atoms with Crippen LogP contribution in [0.25, 0.3) is 22.5 Å². The van der Waals surface area contributed by atoms with Gasteiger partial charge in [0, 0.05) is 21.7 Å². The minimum atomic E-state index is 0.149. The molecule has 0 aliphatic carbocycles. The lowest BCUT2D eigenvalue weighted by molar-refractivity contribution is 0.477. The van der Waals surface area contributed by atoms with E-state index in [9.17, 15) is 5.11 Å². The van der Waals surface area contributed by atoms with Crippen molar-refractivity contribution in [1.82, 2.24) is 9.97 Å². The number of para-hydroxylation sites is 1. The van der Waals surface area contributed by atoms with Gasteiger partial charge < -0.3 is 5.11 Å². The van der Waals surface area contributed by atoms with Crippen molar-refractivity contribution in [2.45, 2.75) is 0 Å². The maximum atomic E-state index is 10.2. The molecule has 4 aromatic rings. The highest BCUT2D eigenvalue weighted by Gasteiger charge is 2.11. The highest BCUT2D eigenvalue weighted by atomic mass is 35.5. The summed E-state index contributed by atoms with van der Waals surface area (Å²) in [7, 11) is 0. The van der Waals surface area contributed by atoms with Gasteiger partial charge in [-0.3, -0.25) is 0 Å². The van der Waals surface area contributed by atoms with Crippen LogP contribution in [-0.4, -0.2) is 21.3 Å². The molecule has 0 saturated carbocycles. The molecule has 0 bridgehead atoms. The number of anilines is 1. The van der Waals surface area contributed by atoms with Gasteiger partial charge in [0.2, 0.25) is 5.95 Å². The van der Waals surface area contributed by atoms with E-state index in [1.807, 2.05) is 66.7 Å². The molecular weight excluding hydrogens is 384 g/mol. The average Bonchev–Trinajstić information content (AvgIpc) is 2.76. The highest BCUT2D eigenvalue weighted by Crippen LogP contribution is 2.30. The molecule has 0 fully saturated rings. The van der Waals surface area contributed by atoms with Gasteiger partial charge in [0.15, 0.2) is 0 Å². The first-order chi connectivity index (χ1) is 14.2. The molecule has 1 heterocycles. The molecule has 142 valence electrons. The first-order valence-electron chi connectivity index (χ1n) is 8.97. The van der Waals surface area contributed by atoms with E-state index in [2.05, 4.69) is 20.5 Å². The van der Waals surface area contributed by atoms with Crippen LogP contribution < -0.4 is 5.43 Å². The summed E-state index contributed by atoms with van der Waals surface area (Å²) in [6, 6.07) is 26.1. The molecule has 0 amide bonds. The standard InChI is InChI=1S/C23H17ClN4O/c24-19-12-6-4-10-17(19)15-25-28-23-26-20(16-8-2-1-3-9-16)14-21(27-23)18-11-5-7-13-22(18)29/h1-15,29H,(H,26,27,28)/b25-15-. The summed E-state index contributed by atoms with van der Waals surface area (Å²) in [5.41, 5.74) is 6.50. The Morgan fingerprint density at radius 2 is 1.52 bits per heavy atom. The normalized spacial score (nSPS) is 10.9. The minimum absolute atomic E-state index is 0.149. The number of halogens is 1. The van der Waals surface area contributed by atoms with Crippen molar-refractivity contribution in [1.29, 1.82) is 0 Å². The smallest absolute Gasteiger partial charge is 0.244 e. The molecule has 0 saturated heterocycles. The number of aromatic nitrogens is 2. The number of nitrogens with one attached hydrogen (secondary N) is 1. The van der Waals surface area contributed by atoms with Gasteiger partial charge in [-0.1, -0.05) is 72.3 Å². The number of hydrazone groups is 1. The van der Waals surface area contributed by atoms with Crippen LogP contribution >= 0.6 is 11.6 Å². The summed E-state index contributed by atoms with van der Waals surface area (Å²) in [5.74, 6) is 0.462. The Morgan fingerprint density at radius 3 is 2.31 bits per heavy atom. The first-order valence-corrected chi connectivity index (χ1v) is 9.35. The predicted molar refractivity (Wildman–Crippen MR) is 117 cm³/mol. The monoisotopic (exact) mass is 400 g/mol. The number of hydrogen-bond donors (Lipinski definition) is 2. The SMILES string of the molecule is Oc1ccccc1-c1cc(-c2ccccc2)nc(N/N=C\c2ccccc2Cl)n1. The van der Waals surface area contributed by atoms with Crippen LogP contribution in [0.2, 0.25) is 5.02 Å². The fraction of sp³-hybridized carbons (Fsp3) is 0. The number of rotatable bonds is 5. The first kappa shape index (κ1) is 18.7. The fourth-order valence-electron chi connectivity index (χ4n) is 2.82. The largest absolute Gasteiger partial charge is 0.507 e. The second kappa shape index (κ2) is 8.54. The van der Waals surface area contributed by atoms with E-state index < -0.39 is 0 Å². The number of nitrogens with zero attached hydrogens (tertiary/aromatic N) is 3. The highest BCUT2D eigenvalue weighted by molar-refractivity contribution is 6.33. The zero-order valence-electron chi connectivity index (χ0n) is 15.3. The van der Waals surface area contributed by atoms with Crippen LogP contribution in [0.3, 0.4) is 0 Å². The van der Waals surface area contributed by atoms with E-state index >= 15 is 0 Å². The molecule has 4 rings (SSSR count). The quantitative estimate of drug-likeness (QED) is 0.337. The van der Waals surface area contributed by atoms with E-state index in [4.69, 9.17) is 11.6 Å². The molecule has 0 aliphatic heterocycles. The number of benzene rings is 3. The second-order valence-corrected chi connectivity index (χ2v) is 6.64. The molecule has 1 aromatic heterocycles. The van der Waals surface area contributed by atoms with Gasteiger partial charge >= 0.3 is 0 Å². The third kappa shape index (κ3) is 4.42. The zero-order valence-corrected chi connectivity index (χ0v) is 16.1. The van der Waals surface area contributed by atoms with Crippen molar-refractivity contribution in [3.8, 4) is 28.3 Å². The molecule has 0 unspecified atom stereocenters. The lowest BCUT2D eigenvalue weighted by Gasteiger charge is -2.09. The van der Waals surface area contributed by atoms with E-state index in [0.29, 0.717) is 27.9 Å². The van der Waals surface area contributed by atoms with Crippen LogP contribution in [0.15, 0.2) is 90.0 Å². The summed E-state index contributed by atoms with van der Waals surface area (Å²) < 4.78 is 0. The Hall–Kier alpha value is -3.70. The summed E-state index contributed by atoms with van der Waals surface area (Å²) in [5, 5.41) is 15.1. The van der Waals surface area contributed by atoms with Gasteiger partial charge in [0.05, 0.1) is 17.6 Å². The second-order valence-electron chi connectivity index (χ2n) is 6.24. The van der Waals surface area contributed by atoms with Gasteiger partial charge in [-0.05, 0) is 24.3 Å². The number of phenolic OH excluding ortho intramolecular Hbond substituents is 1. The molecule has 0 aliphatic rings. The molecule has 6 heteroatoms. The number of aromatic hydroxyl groups is 1. The van der Waals surface area contributed by atoms with E-state index in [0.717, 1.165) is 11.1 Å². The van der Waals surface area contributed by atoms with Gasteiger partial charge in [0.25, 0.3) is 0 Å². The van der Waals surface area contributed by atoms with Crippen LogP contribution in [0.4, 0.5) is 5.95 Å². The maximum absolute atomic E-state index is 10.2. The molecule has 5 nitrogen and oxygen atoms in total. The van der Waals surface area contributed by atoms with Crippen molar-refractivity contribution in [2.75, 3.05) is 5.43 Å². The van der Waals surface area contributed by atoms with E-state index in [1.165, 1.54) is 0 Å². The summed E-state index contributed by atoms with van der Waals surface area (Å²) in [6.45, 7) is 0. The summed E-state index contributed by atoms with van der Waals surface area (Å²) in [4.78, 5) is 9.08. The van der Waals surface area contributed by atoms with Crippen molar-refractivity contribution in [3.63, 3.8) is 0 Å². The van der Waals surface area contributed by atoms with Gasteiger partial charge in [0.1, 0.15) is 5.75 Å². The van der Waals surface area contributed by atoms with E-state index in [-0.39, 0.29) is 5.75 Å². The van der Waals surface area contributed by atoms with Crippen LogP contribution in [0.1, 0.15) is 5.56 Å². The van der Waals surface area contributed by atoms with Gasteiger partial charge in [-0.15, -0.1) is 0 Å². The maximum Gasteiger partial charge on any atom is 0.244 e. The number of hydrogen-bond acceptors (Lipinski definition) is 5. The Labute approximate surface area is 173 Å². The van der Waals surface area contributed by atoms with Crippen molar-refractivity contribution < 1.29 is 5.11 Å². The topological polar surface area (TPSA) is 70.4 Å². The van der Waals surface area contributed by atoms with Crippen molar-refractivity contribution >= 4 is 23.8 Å². The lowest BCUT2D eigenvalue weighted by Crippen LogP contribution is -2.00. The Balaban J connectivity index is 1.72. The zero-order chi connectivity index (χ0) is 20.1. The molecular formula is C23H17ClN4O. The Morgan fingerprint density at radius 1 is 0.828 bits per heavy atom. The van der Waals surface area contributed by atoms with E-state index in [1.54, 1.807) is 24.4 Å². The summed E-state index contributed by atoms with van der Waals surface area (Å²) >= 11 is 6.16. The molecule has 29 heavy (non-hydrogen) atoms. The van der Waals surface area contributed by atoms with Crippen LogP contribution in [-0.2, 0) is 0 Å². The van der Waals surface area contributed by atoms with Gasteiger partial charge in [-0.25, -0.2) is 15.4 Å². The predicted octanol–water partition coefficient (Wildman–Crippen LogP) is 5.62. The molecule has 0 atom stereocenters. The van der Waals surface area contributed by atoms with Crippen molar-refractivity contribution in [2.24, 2.45) is 5.10 Å². The van der Waals surface area contributed by atoms with Crippen molar-refractivity contribution in [3.05, 3.63) is 95.5 Å². The molecule has 2 N–H and O–H groups in total. The van der Waals surface area contributed by atoms with Crippen LogP contribution in [0.5, 0.6) is 5.75 Å². The van der Waals surface area contributed by atoms with Crippen LogP contribution in [0, 0.1) is 0 Å². The minimum Gasteiger partial charge on any atom is -0.507 e. The molecule has 3 aromatic carbocycles.